The number of nitrogens with zero attached hydrogens (tertiary/aromatic N) is 1. The highest BCUT2D eigenvalue weighted by Crippen LogP contribution is 2.32. The number of halogens is 2. The summed E-state index contributed by atoms with van der Waals surface area (Å²) in [5.41, 5.74) is 2.21. The van der Waals surface area contributed by atoms with Crippen molar-refractivity contribution < 1.29 is 31.1 Å². The number of alkyl halides is 2. The Kier molecular flexibility index (Phi) is 6.34. The molecule has 0 radical (unpaired) electrons. The number of amides is 1. The molecule has 1 saturated heterocycles. The average molecular weight is 467 g/mol. The van der Waals surface area contributed by atoms with Gasteiger partial charge in [-0.15, -0.1) is 0 Å². The topological polar surface area (TPSA) is 88.9 Å². The van der Waals surface area contributed by atoms with Gasteiger partial charge in [-0.1, -0.05) is 6.07 Å². The molecule has 0 unspecified atom stereocenters. The van der Waals surface area contributed by atoms with Gasteiger partial charge in [-0.3, -0.25) is 4.79 Å². The van der Waals surface area contributed by atoms with Gasteiger partial charge in [-0.05, 0) is 68.0 Å². The predicted molar refractivity (Wildman–Crippen MR) is 114 cm³/mol. The van der Waals surface area contributed by atoms with Gasteiger partial charge in [0.1, 0.15) is 5.75 Å². The Morgan fingerprint density at radius 2 is 1.97 bits per heavy atom. The molecule has 32 heavy (non-hydrogen) atoms. The maximum Gasteiger partial charge on any atom is 0.387 e. The number of nitrogens with one attached hydrogen (secondary N) is 1. The molecule has 2 aromatic rings. The van der Waals surface area contributed by atoms with Crippen molar-refractivity contribution in [3.05, 3.63) is 57.9 Å². The summed E-state index contributed by atoms with van der Waals surface area (Å²) in [5, 5.41) is 2.91. The number of furan rings is 1. The van der Waals surface area contributed by atoms with Gasteiger partial charge in [0, 0.05) is 24.7 Å². The SMILES string of the molecule is Cc1ccoc1C(=O)NC1CCN(S(=O)(=O)C2=Cc3ccc(OC(F)F)cc3CC2)CC1. The van der Waals surface area contributed by atoms with E-state index in [1.54, 1.807) is 25.1 Å². The van der Waals surface area contributed by atoms with Crippen LogP contribution < -0.4 is 10.1 Å². The standard InChI is InChI=1S/C22H24F2N2O5S/c1-14-8-11-30-20(14)21(27)25-17-6-9-26(10-7-17)32(28,29)19-5-3-15-12-18(31-22(23)24)4-2-16(15)13-19/h2,4,8,11-13,17,22H,3,5-7,9-10H2,1H3,(H,25,27). The van der Waals surface area contributed by atoms with Crippen LogP contribution in [0.25, 0.3) is 6.08 Å². The number of hydrogen-bond donors (Lipinski definition) is 1. The number of sulfonamides is 1. The summed E-state index contributed by atoms with van der Waals surface area (Å²) in [4.78, 5) is 12.6. The first kappa shape index (κ1) is 22.5. The molecule has 4 rings (SSSR count). The van der Waals surface area contributed by atoms with Gasteiger partial charge in [0.15, 0.2) is 5.76 Å². The number of carbonyl (C=O) groups excluding carboxylic acids is 1. The monoisotopic (exact) mass is 466 g/mol. The summed E-state index contributed by atoms with van der Waals surface area (Å²) >= 11 is 0. The predicted octanol–water partition coefficient (Wildman–Crippen LogP) is 3.70. The molecule has 1 aliphatic heterocycles. The van der Waals surface area contributed by atoms with E-state index in [1.807, 2.05) is 0 Å². The first-order valence-electron chi connectivity index (χ1n) is 10.4. The molecule has 1 aromatic heterocycles. The van der Waals surface area contributed by atoms with Crippen LogP contribution in [0, 0.1) is 6.92 Å². The zero-order valence-corrected chi connectivity index (χ0v) is 18.3. The van der Waals surface area contributed by atoms with Gasteiger partial charge >= 0.3 is 6.61 Å². The third-order valence-corrected chi connectivity index (χ3v) is 7.86. The first-order chi connectivity index (χ1) is 15.2. The van der Waals surface area contributed by atoms with Gasteiger partial charge in [-0.25, -0.2) is 8.42 Å². The van der Waals surface area contributed by atoms with E-state index in [-0.39, 0.29) is 23.5 Å². The van der Waals surface area contributed by atoms with Crippen LogP contribution in [0.2, 0.25) is 0 Å². The Labute approximate surface area is 185 Å². The number of fused-ring (bicyclic) bond motifs is 1. The molecule has 1 N–H and O–H groups in total. The number of allylic oxidation sites excluding steroid dienone is 1. The summed E-state index contributed by atoms with van der Waals surface area (Å²) in [6.45, 7) is -0.513. The normalized spacial score (nSPS) is 17.7. The van der Waals surface area contributed by atoms with Crippen molar-refractivity contribution in [2.45, 2.75) is 45.3 Å². The Balaban J connectivity index is 1.40. The lowest BCUT2D eigenvalue weighted by Crippen LogP contribution is -2.46. The molecule has 7 nitrogen and oxygen atoms in total. The number of ether oxygens (including phenoxy) is 1. The molecule has 1 amide bonds. The molecule has 1 aromatic carbocycles. The highest BCUT2D eigenvalue weighted by atomic mass is 32.2. The highest BCUT2D eigenvalue weighted by molar-refractivity contribution is 7.93. The fourth-order valence-corrected chi connectivity index (χ4v) is 5.74. The van der Waals surface area contributed by atoms with Crippen LogP contribution >= 0.6 is 0 Å². The fraction of sp³-hybridized carbons (Fsp3) is 0.409. The number of piperidine rings is 1. The second-order valence-electron chi connectivity index (χ2n) is 7.93. The van der Waals surface area contributed by atoms with E-state index in [1.165, 1.54) is 22.7 Å². The van der Waals surface area contributed by atoms with Crippen LogP contribution in [-0.4, -0.2) is 44.4 Å². The summed E-state index contributed by atoms with van der Waals surface area (Å²) in [5.74, 6) is 0.0381. The molecular formula is C22H24F2N2O5S. The van der Waals surface area contributed by atoms with Gasteiger partial charge < -0.3 is 14.5 Å². The lowest BCUT2D eigenvalue weighted by Gasteiger charge is -2.32. The number of aryl methyl sites for hydroxylation is 2. The van der Waals surface area contributed by atoms with Crippen LogP contribution in [0.5, 0.6) is 5.75 Å². The minimum absolute atomic E-state index is 0.0623. The van der Waals surface area contributed by atoms with Crippen molar-refractivity contribution in [3.8, 4) is 5.75 Å². The van der Waals surface area contributed by atoms with Crippen LogP contribution in [0.1, 0.15) is 46.5 Å². The Hall–Kier alpha value is -2.72. The molecule has 2 aliphatic rings. The van der Waals surface area contributed by atoms with E-state index in [0.717, 1.165) is 11.1 Å². The number of rotatable bonds is 6. The molecular weight excluding hydrogens is 442 g/mol. The third-order valence-electron chi connectivity index (χ3n) is 5.83. The van der Waals surface area contributed by atoms with E-state index >= 15 is 0 Å². The molecule has 0 saturated carbocycles. The second kappa shape index (κ2) is 9.03. The Morgan fingerprint density at radius 3 is 2.62 bits per heavy atom. The van der Waals surface area contributed by atoms with Gasteiger partial charge in [-0.2, -0.15) is 13.1 Å². The summed E-state index contributed by atoms with van der Waals surface area (Å²) < 4.78 is 62.2. The van der Waals surface area contributed by atoms with Crippen LogP contribution in [0.15, 0.2) is 39.9 Å². The van der Waals surface area contributed by atoms with Gasteiger partial charge in [0.2, 0.25) is 10.0 Å². The Morgan fingerprint density at radius 1 is 1.22 bits per heavy atom. The summed E-state index contributed by atoms with van der Waals surface area (Å²) in [6.07, 6.45) is 4.79. The van der Waals surface area contributed by atoms with E-state index in [4.69, 9.17) is 4.42 Å². The molecule has 10 heteroatoms. The van der Waals surface area contributed by atoms with E-state index < -0.39 is 16.6 Å². The van der Waals surface area contributed by atoms with Crippen molar-refractivity contribution in [1.82, 2.24) is 9.62 Å². The Bertz CT molecular complexity index is 1130. The number of carbonyl (C=O) groups is 1. The molecule has 1 aliphatic carbocycles. The van der Waals surface area contributed by atoms with Crippen molar-refractivity contribution in [1.29, 1.82) is 0 Å². The van der Waals surface area contributed by atoms with Gasteiger partial charge in [0.25, 0.3) is 5.91 Å². The van der Waals surface area contributed by atoms with Crippen molar-refractivity contribution in [2.75, 3.05) is 13.1 Å². The van der Waals surface area contributed by atoms with E-state index in [0.29, 0.717) is 49.2 Å². The molecule has 172 valence electrons. The lowest BCUT2D eigenvalue weighted by atomic mass is 9.97. The average Bonchev–Trinajstić information content (AvgIpc) is 3.19. The van der Waals surface area contributed by atoms with E-state index in [2.05, 4.69) is 10.1 Å². The van der Waals surface area contributed by atoms with E-state index in [9.17, 15) is 22.0 Å². The van der Waals surface area contributed by atoms with Crippen molar-refractivity contribution >= 4 is 22.0 Å². The summed E-state index contributed by atoms with van der Waals surface area (Å²) in [7, 11) is -3.65. The smallest absolute Gasteiger partial charge is 0.387 e. The first-order valence-corrected chi connectivity index (χ1v) is 11.8. The second-order valence-corrected chi connectivity index (χ2v) is 9.93. The van der Waals surface area contributed by atoms with Crippen LogP contribution in [0.3, 0.4) is 0 Å². The minimum atomic E-state index is -3.65. The molecule has 1 fully saturated rings. The van der Waals surface area contributed by atoms with Crippen molar-refractivity contribution in [3.63, 3.8) is 0 Å². The maximum absolute atomic E-state index is 13.2. The fourth-order valence-electron chi connectivity index (χ4n) is 4.09. The highest BCUT2D eigenvalue weighted by Gasteiger charge is 2.33. The lowest BCUT2D eigenvalue weighted by molar-refractivity contribution is -0.0498. The van der Waals surface area contributed by atoms with Crippen molar-refractivity contribution in [2.24, 2.45) is 0 Å². The molecule has 0 bridgehead atoms. The van der Waals surface area contributed by atoms with Gasteiger partial charge in [0.05, 0.1) is 11.2 Å². The minimum Gasteiger partial charge on any atom is -0.459 e. The zero-order valence-electron chi connectivity index (χ0n) is 17.5. The molecule has 0 atom stereocenters. The number of hydrogen-bond acceptors (Lipinski definition) is 5. The van der Waals surface area contributed by atoms with Crippen LogP contribution in [-0.2, 0) is 16.4 Å². The zero-order chi connectivity index (χ0) is 22.9. The third kappa shape index (κ3) is 4.71. The molecule has 0 spiro atoms. The van der Waals surface area contributed by atoms with Crippen LogP contribution in [0.4, 0.5) is 8.78 Å². The summed E-state index contributed by atoms with van der Waals surface area (Å²) in [6, 6.07) is 6.11. The number of benzene rings is 1. The quantitative estimate of drug-likeness (QED) is 0.701. The maximum atomic E-state index is 13.2. The molecule has 2 heterocycles. The largest absolute Gasteiger partial charge is 0.459 e.